The molecule has 8 heteroatoms. The fraction of sp³-hybridized carbons (Fsp3) is 0.212. The van der Waals surface area contributed by atoms with Crippen molar-refractivity contribution >= 4 is 93.0 Å². The molecule has 0 unspecified atom stereocenters. The molecule has 0 atom stereocenters. The third-order valence-electron chi connectivity index (χ3n) is 14.7. The van der Waals surface area contributed by atoms with Gasteiger partial charge in [0.25, 0.3) is 0 Å². The summed E-state index contributed by atoms with van der Waals surface area (Å²) < 4.78 is 66.0. The number of anilines is 6. The van der Waals surface area contributed by atoms with Crippen molar-refractivity contribution in [2.45, 2.75) is 91.7 Å². The molecule has 10 aromatic rings. The Balaban J connectivity index is 1.26. The van der Waals surface area contributed by atoms with Gasteiger partial charge < -0.3 is 9.80 Å². The number of benzene rings is 10. The second-order valence-electron chi connectivity index (χ2n) is 24.1. The Labute approximate surface area is 436 Å². The predicted octanol–water partition coefficient (Wildman–Crippen LogP) is 19.1. The van der Waals surface area contributed by atoms with Gasteiger partial charge in [-0.3, -0.25) is 0 Å². The summed E-state index contributed by atoms with van der Waals surface area (Å²) in [6.07, 6.45) is 0. The van der Waals surface area contributed by atoms with Crippen LogP contribution in [0.1, 0.15) is 52.7 Å². The van der Waals surface area contributed by atoms with Gasteiger partial charge in [0.15, 0.2) is 11.6 Å². The molecule has 0 spiro atoms. The molecular weight excluding hydrogens is 953 g/mol. The Morgan fingerprint density at radius 3 is 1.19 bits per heavy atom. The third-order valence-corrected chi connectivity index (χ3v) is 18.8. The first-order chi connectivity index (χ1) is 34.9. The highest BCUT2D eigenvalue weighted by Gasteiger charge is 2.30. The molecule has 0 aromatic heterocycles. The minimum absolute atomic E-state index is 0.122. The summed E-state index contributed by atoms with van der Waals surface area (Å²) in [6, 6.07) is 54.1. The quantitative estimate of drug-likeness (QED) is 0.0765. The molecule has 0 heterocycles. The van der Waals surface area contributed by atoms with Gasteiger partial charge in [0.05, 0.1) is 38.9 Å². The van der Waals surface area contributed by atoms with Gasteiger partial charge in [-0.25, -0.2) is 17.6 Å². The Hall–Kier alpha value is -7.01. The highest BCUT2D eigenvalue weighted by Crippen LogP contribution is 2.51. The van der Waals surface area contributed by atoms with Crippen LogP contribution in [-0.2, 0) is 10.8 Å². The van der Waals surface area contributed by atoms with Gasteiger partial charge in [0.2, 0.25) is 0 Å². The summed E-state index contributed by atoms with van der Waals surface area (Å²) >= 11 is 0. The lowest BCUT2D eigenvalue weighted by Gasteiger charge is -2.32. The molecule has 0 saturated heterocycles. The first-order valence-corrected chi connectivity index (χ1v) is 32.6. The molecule has 0 aliphatic rings. The second-order valence-corrected chi connectivity index (χ2v) is 34.2. The molecule has 0 bridgehead atoms. The van der Waals surface area contributed by atoms with E-state index in [1.165, 1.54) is 22.5 Å². The summed E-state index contributed by atoms with van der Waals surface area (Å²) in [5.41, 5.74) is 7.39. The smallest absolute Gasteiger partial charge is 0.150 e. The molecule has 2 nitrogen and oxygen atoms in total. The lowest BCUT2D eigenvalue weighted by atomic mass is 9.85. The minimum Gasteiger partial charge on any atom is -0.307 e. The van der Waals surface area contributed by atoms with Crippen molar-refractivity contribution in [3.05, 3.63) is 204 Å². The van der Waals surface area contributed by atoms with Crippen LogP contribution in [0.25, 0.3) is 54.6 Å². The lowest BCUT2D eigenvalue weighted by molar-refractivity contribution is 0.584. The van der Waals surface area contributed by atoms with Crippen LogP contribution in [0.4, 0.5) is 51.7 Å². The molecule has 0 aliphatic carbocycles. The Bertz CT molecular complexity index is 3740. The van der Waals surface area contributed by atoms with Crippen LogP contribution >= 0.6 is 0 Å². The van der Waals surface area contributed by atoms with E-state index < -0.39 is 39.4 Å². The summed E-state index contributed by atoms with van der Waals surface area (Å²) in [6.45, 7) is 26.6. The van der Waals surface area contributed by atoms with Crippen molar-refractivity contribution in [3.63, 3.8) is 0 Å². The zero-order valence-corrected chi connectivity index (χ0v) is 46.6. The van der Waals surface area contributed by atoms with Gasteiger partial charge in [0.1, 0.15) is 11.6 Å². The number of hydrogen-bond donors (Lipinski definition) is 0. The molecule has 0 N–H and O–H groups in total. The van der Waals surface area contributed by atoms with Gasteiger partial charge >= 0.3 is 0 Å². The van der Waals surface area contributed by atoms with E-state index in [0.717, 1.165) is 67.0 Å². The van der Waals surface area contributed by atoms with Crippen LogP contribution in [0, 0.1) is 23.3 Å². The Morgan fingerprint density at radius 1 is 0.378 bits per heavy atom. The van der Waals surface area contributed by atoms with E-state index in [2.05, 4.69) is 172 Å². The van der Waals surface area contributed by atoms with Crippen molar-refractivity contribution in [1.29, 1.82) is 0 Å². The summed E-state index contributed by atoms with van der Waals surface area (Å²) in [7, 11) is -3.49. The predicted molar refractivity (Wildman–Crippen MR) is 314 cm³/mol. The molecule has 74 heavy (non-hydrogen) atoms. The average molecular weight is 1020 g/mol. The van der Waals surface area contributed by atoms with Gasteiger partial charge in [-0.05, 0) is 103 Å². The molecule has 10 rings (SSSR count). The molecule has 10 aromatic carbocycles. The number of nitrogens with zero attached hydrogens (tertiary/aromatic N) is 2. The maximum absolute atomic E-state index is 17.3. The van der Waals surface area contributed by atoms with Crippen molar-refractivity contribution < 1.29 is 17.6 Å². The van der Waals surface area contributed by atoms with E-state index in [9.17, 15) is 0 Å². The normalized spacial score (nSPS) is 12.6. The molecule has 0 saturated carbocycles. The summed E-state index contributed by atoms with van der Waals surface area (Å²) in [4.78, 5) is 3.90. The van der Waals surface area contributed by atoms with Crippen LogP contribution in [0.15, 0.2) is 170 Å². The van der Waals surface area contributed by atoms with E-state index in [1.54, 1.807) is 0 Å². The monoisotopic (exact) mass is 1020 g/mol. The van der Waals surface area contributed by atoms with Gasteiger partial charge in [-0.2, -0.15) is 0 Å². The van der Waals surface area contributed by atoms with Crippen LogP contribution in [-0.4, -0.2) is 16.1 Å². The second kappa shape index (κ2) is 18.4. The highest BCUT2D eigenvalue weighted by molar-refractivity contribution is 6.89. The fourth-order valence-electron chi connectivity index (χ4n) is 10.5. The molecule has 0 radical (unpaired) electrons. The summed E-state index contributed by atoms with van der Waals surface area (Å²) in [5.74, 6) is -2.71. The maximum atomic E-state index is 17.3. The SMILES string of the molecule is CC(C)(C)c1ccc(-c2cc(F)cc(F)c2N(c2ccc([Si](C)(C)C)cc2)c2ccc3ccc4c(N(c5ccc([Si](C)(C)C)cc5)c5c(F)cc(F)cc5-c5cccc(C(C)(C)C)c5)ccc5ccc2c3c54)cc1. The number of halogens is 4. The molecule has 374 valence electrons. The molecule has 0 aliphatic heterocycles. The fourth-order valence-corrected chi connectivity index (χ4v) is 12.8. The standard InChI is InChI=1S/C66H64F4N2Si2/c1-65(2,3)45-22-16-41(17-23-45)55-37-47(67)39-57(69)63(55)71(49-24-28-51(29-25-49)73(7,8)9)59-34-20-42-19-33-54-60(35-21-43-18-32-53(59)61(42)62(43)54)72(50-26-30-52(31-27-50)74(10,11)12)64-56(38-48(68)40-58(64)70)44-14-13-15-46(36-44)66(4,5)6/h13-40H,1-12H3. The van der Waals surface area contributed by atoms with Gasteiger partial charge in [0, 0.05) is 45.4 Å². The van der Waals surface area contributed by atoms with Gasteiger partial charge in [-0.1, -0.05) is 200 Å². The van der Waals surface area contributed by atoms with E-state index in [4.69, 9.17) is 0 Å². The highest BCUT2D eigenvalue weighted by atomic mass is 28.3. The molecule has 0 amide bonds. The van der Waals surface area contributed by atoms with Gasteiger partial charge in [-0.15, -0.1) is 0 Å². The summed E-state index contributed by atoms with van der Waals surface area (Å²) in [5, 5.41) is 8.01. The zero-order valence-electron chi connectivity index (χ0n) is 44.6. The zero-order chi connectivity index (χ0) is 52.8. The molecule has 0 fully saturated rings. The Kier molecular flexibility index (Phi) is 12.6. The minimum atomic E-state index is -1.74. The van der Waals surface area contributed by atoms with E-state index >= 15 is 17.6 Å². The van der Waals surface area contributed by atoms with Crippen molar-refractivity contribution in [3.8, 4) is 22.3 Å². The maximum Gasteiger partial charge on any atom is 0.150 e. The number of hydrogen-bond acceptors (Lipinski definition) is 2. The Morgan fingerprint density at radius 2 is 0.784 bits per heavy atom. The first kappa shape index (κ1) is 50.5. The van der Waals surface area contributed by atoms with E-state index in [-0.39, 0.29) is 22.2 Å². The molecular formula is C66H64F4N2Si2. The third kappa shape index (κ3) is 9.32. The lowest BCUT2D eigenvalue weighted by Crippen LogP contribution is -2.37. The van der Waals surface area contributed by atoms with Crippen LogP contribution < -0.4 is 20.2 Å². The van der Waals surface area contributed by atoms with E-state index in [1.807, 2.05) is 64.4 Å². The van der Waals surface area contributed by atoms with Crippen molar-refractivity contribution in [2.75, 3.05) is 9.80 Å². The van der Waals surface area contributed by atoms with Crippen molar-refractivity contribution in [2.24, 2.45) is 0 Å². The topological polar surface area (TPSA) is 6.48 Å². The van der Waals surface area contributed by atoms with Crippen LogP contribution in [0.2, 0.25) is 39.3 Å². The van der Waals surface area contributed by atoms with Crippen LogP contribution in [0.5, 0.6) is 0 Å². The first-order valence-electron chi connectivity index (χ1n) is 25.6. The number of rotatable bonds is 10. The average Bonchev–Trinajstić information content (AvgIpc) is 3.36. The van der Waals surface area contributed by atoms with Crippen LogP contribution in [0.3, 0.4) is 0 Å². The largest absolute Gasteiger partial charge is 0.307 e. The van der Waals surface area contributed by atoms with E-state index in [0.29, 0.717) is 33.6 Å². The van der Waals surface area contributed by atoms with Crippen molar-refractivity contribution in [1.82, 2.24) is 0 Å².